The molecular formula is C15H17N5O5S. The molecule has 10 nitrogen and oxygen atoms in total. The predicted octanol–water partition coefficient (Wildman–Crippen LogP) is -0.189. The van der Waals surface area contributed by atoms with E-state index < -0.39 is 22.6 Å². The van der Waals surface area contributed by atoms with Crippen LogP contribution in [-0.4, -0.2) is 59.8 Å². The number of aromatic nitrogens is 4. The van der Waals surface area contributed by atoms with E-state index >= 15 is 0 Å². The van der Waals surface area contributed by atoms with Crippen LogP contribution in [0.1, 0.15) is 22.3 Å². The highest BCUT2D eigenvalue weighted by atomic mass is 32.2. The molecule has 0 saturated heterocycles. The predicted molar refractivity (Wildman–Crippen MR) is 90.1 cm³/mol. The second kappa shape index (κ2) is 7.20. The van der Waals surface area contributed by atoms with E-state index in [0.717, 1.165) is 11.8 Å². The number of nitrogens with zero attached hydrogens (tertiary/aromatic N) is 5. The van der Waals surface area contributed by atoms with Crippen molar-refractivity contribution in [3.05, 3.63) is 35.7 Å². The number of carbonyl (C=O) groups is 2. The van der Waals surface area contributed by atoms with Gasteiger partial charge in [0.05, 0.1) is 11.9 Å². The average Bonchev–Trinajstić information content (AvgIpc) is 3.10. The van der Waals surface area contributed by atoms with Gasteiger partial charge in [-0.3, -0.25) is 13.9 Å². The largest absolute Gasteiger partial charge is 0.456 e. The van der Waals surface area contributed by atoms with Gasteiger partial charge in [-0.15, -0.1) is 5.10 Å². The topological polar surface area (TPSA) is 124 Å². The summed E-state index contributed by atoms with van der Waals surface area (Å²) in [5.41, 5.74) is 1.74. The summed E-state index contributed by atoms with van der Waals surface area (Å²) in [6, 6.07) is 4.82. The lowest BCUT2D eigenvalue weighted by Crippen LogP contribution is -2.34. The number of ketones is 1. The first-order valence-corrected chi connectivity index (χ1v) is 9.69. The minimum absolute atomic E-state index is 0.187. The Morgan fingerprint density at radius 1 is 1.31 bits per heavy atom. The van der Waals surface area contributed by atoms with Crippen molar-refractivity contribution in [3.63, 3.8) is 0 Å². The third-order valence-electron chi connectivity index (χ3n) is 3.92. The number of benzene rings is 1. The van der Waals surface area contributed by atoms with Crippen molar-refractivity contribution in [3.8, 4) is 0 Å². The van der Waals surface area contributed by atoms with Crippen molar-refractivity contribution in [2.45, 2.75) is 19.4 Å². The van der Waals surface area contributed by atoms with E-state index in [9.17, 15) is 18.0 Å². The fourth-order valence-electron chi connectivity index (χ4n) is 2.74. The second-order valence-corrected chi connectivity index (χ2v) is 7.78. The van der Waals surface area contributed by atoms with Gasteiger partial charge in [-0.2, -0.15) is 0 Å². The Kier molecular flexibility index (Phi) is 4.98. The van der Waals surface area contributed by atoms with Gasteiger partial charge in [0.15, 0.2) is 12.4 Å². The van der Waals surface area contributed by atoms with Crippen molar-refractivity contribution in [2.24, 2.45) is 0 Å². The third-order valence-corrected chi connectivity index (χ3v) is 5.10. The van der Waals surface area contributed by atoms with Crippen LogP contribution in [0.3, 0.4) is 0 Å². The molecule has 0 radical (unpaired) electrons. The average molecular weight is 379 g/mol. The minimum atomic E-state index is -3.36. The van der Waals surface area contributed by atoms with Crippen LogP contribution in [0.15, 0.2) is 24.5 Å². The molecule has 0 unspecified atom stereocenters. The van der Waals surface area contributed by atoms with Crippen LogP contribution in [0.25, 0.3) is 0 Å². The molecule has 0 amide bonds. The van der Waals surface area contributed by atoms with Gasteiger partial charge in [0.25, 0.3) is 0 Å². The number of hydrogen-bond acceptors (Lipinski definition) is 8. The summed E-state index contributed by atoms with van der Waals surface area (Å²) in [5, 5.41) is 10.3. The molecule has 0 N–H and O–H groups in total. The highest BCUT2D eigenvalue weighted by Crippen LogP contribution is 2.30. The summed E-state index contributed by atoms with van der Waals surface area (Å²) in [5.74, 6) is -0.999. The number of hydrogen-bond donors (Lipinski definition) is 0. The van der Waals surface area contributed by atoms with Crippen molar-refractivity contribution < 1.29 is 22.7 Å². The summed E-state index contributed by atoms with van der Waals surface area (Å²) in [4.78, 5) is 23.9. The van der Waals surface area contributed by atoms with E-state index in [1.165, 1.54) is 15.3 Å². The van der Waals surface area contributed by atoms with E-state index in [-0.39, 0.29) is 12.3 Å². The van der Waals surface area contributed by atoms with Gasteiger partial charge in [0.1, 0.15) is 12.9 Å². The fraction of sp³-hybridized carbons (Fsp3) is 0.400. The number of esters is 1. The Morgan fingerprint density at radius 2 is 2.12 bits per heavy atom. The zero-order chi connectivity index (χ0) is 18.7. The van der Waals surface area contributed by atoms with Crippen molar-refractivity contribution in [1.82, 2.24) is 20.2 Å². The van der Waals surface area contributed by atoms with E-state index in [2.05, 4.69) is 15.5 Å². The van der Waals surface area contributed by atoms with Gasteiger partial charge in [0.2, 0.25) is 10.0 Å². The number of ether oxygens (including phenoxy) is 1. The lowest BCUT2D eigenvalue weighted by atomic mass is 9.99. The molecule has 0 saturated carbocycles. The SMILES string of the molecule is CS(=O)(=O)N1CCCc2cc(C(=O)COC(=O)Cn3cnnn3)ccc21. The normalized spacial score (nSPS) is 14.0. The molecule has 1 aromatic heterocycles. The number of Topliss-reactive ketones (excluding diaryl/α,β-unsaturated/α-hetero) is 1. The molecule has 2 heterocycles. The highest BCUT2D eigenvalue weighted by molar-refractivity contribution is 7.92. The molecule has 3 rings (SSSR count). The molecule has 0 spiro atoms. The minimum Gasteiger partial charge on any atom is -0.456 e. The number of sulfonamides is 1. The summed E-state index contributed by atoms with van der Waals surface area (Å²) in [6.07, 6.45) is 3.78. The monoisotopic (exact) mass is 379 g/mol. The first kappa shape index (κ1) is 18.0. The molecule has 2 aromatic rings. The van der Waals surface area contributed by atoms with Crippen LogP contribution in [0.4, 0.5) is 5.69 Å². The van der Waals surface area contributed by atoms with Crippen LogP contribution >= 0.6 is 0 Å². The number of anilines is 1. The molecule has 1 aliphatic heterocycles. The van der Waals surface area contributed by atoms with E-state index in [1.807, 2.05) is 0 Å². The Balaban J connectivity index is 1.66. The third kappa shape index (κ3) is 4.04. The molecule has 26 heavy (non-hydrogen) atoms. The van der Waals surface area contributed by atoms with Crippen LogP contribution in [0.2, 0.25) is 0 Å². The Labute approximate surface area is 149 Å². The molecule has 1 aliphatic rings. The van der Waals surface area contributed by atoms with Crippen LogP contribution in [0, 0.1) is 0 Å². The van der Waals surface area contributed by atoms with Gasteiger partial charge in [-0.25, -0.2) is 13.1 Å². The van der Waals surface area contributed by atoms with Crippen LogP contribution < -0.4 is 4.31 Å². The Hall–Kier alpha value is -2.82. The first-order valence-electron chi connectivity index (χ1n) is 7.85. The maximum absolute atomic E-state index is 12.3. The summed E-state index contributed by atoms with van der Waals surface area (Å²) in [6.45, 7) is -0.169. The Morgan fingerprint density at radius 3 is 2.81 bits per heavy atom. The lowest BCUT2D eigenvalue weighted by Gasteiger charge is -2.29. The van der Waals surface area contributed by atoms with Crippen molar-refractivity contribution in [2.75, 3.05) is 23.7 Å². The molecular weight excluding hydrogens is 362 g/mol. The van der Waals surface area contributed by atoms with Gasteiger partial charge in [0, 0.05) is 12.1 Å². The summed E-state index contributed by atoms with van der Waals surface area (Å²) >= 11 is 0. The summed E-state index contributed by atoms with van der Waals surface area (Å²) in [7, 11) is -3.36. The maximum Gasteiger partial charge on any atom is 0.328 e. The number of rotatable bonds is 6. The number of fused-ring (bicyclic) bond motifs is 1. The first-order chi connectivity index (χ1) is 12.3. The Bertz CT molecular complexity index is 926. The van der Waals surface area contributed by atoms with Gasteiger partial charge in [-0.1, -0.05) is 0 Å². The second-order valence-electron chi connectivity index (χ2n) is 5.87. The standard InChI is InChI=1S/C15H17N5O5S/c1-26(23,24)20-6-2-3-11-7-12(4-5-13(11)20)14(21)9-25-15(22)8-19-10-16-17-18-19/h4-5,7,10H,2-3,6,8-9H2,1H3. The number of tetrazole rings is 1. The van der Waals surface area contributed by atoms with E-state index in [0.29, 0.717) is 30.6 Å². The zero-order valence-electron chi connectivity index (χ0n) is 14.0. The fourth-order valence-corrected chi connectivity index (χ4v) is 3.74. The number of carbonyl (C=O) groups excluding carboxylic acids is 2. The molecule has 0 bridgehead atoms. The molecule has 11 heteroatoms. The van der Waals surface area contributed by atoms with Gasteiger partial charge >= 0.3 is 5.97 Å². The number of aryl methyl sites for hydroxylation is 1. The van der Waals surface area contributed by atoms with Gasteiger partial charge < -0.3 is 4.74 Å². The molecule has 0 fully saturated rings. The van der Waals surface area contributed by atoms with Crippen molar-refractivity contribution >= 4 is 27.5 Å². The zero-order valence-corrected chi connectivity index (χ0v) is 14.8. The highest BCUT2D eigenvalue weighted by Gasteiger charge is 2.24. The van der Waals surface area contributed by atoms with Crippen LogP contribution in [-0.2, 0) is 32.5 Å². The smallest absolute Gasteiger partial charge is 0.328 e. The molecule has 0 aliphatic carbocycles. The van der Waals surface area contributed by atoms with Gasteiger partial charge in [-0.05, 0) is 47.0 Å². The lowest BCUT2D eigenvalue weighted by molar-refractivity contribution is -0.143. The van der Waals surface area contributed by atoms with Crippen molar-refractivity contribution in [1.29, 1.82) is 0 Å². The van der Waals surface area contributed by atoms with E-state index in [1.54, 1.807) is 18.2 Å². The molecule has 138 valence electrons. The van der Waals surface area contributed by atoms with E-state index in [4.69, 9.17) is 4.74 Å². The molecule has 0 atom stereocenters. The van der Waals surface area contributed by atoms with Crippen LogP contribution in [0.5, 0.6) is 0 Å². The maximum atomic E-state index is 12.3. The molecule has 1 aromatic carbocycles. The quantitative estimate of drug-likeness (QED) is 0.500. The summed E-state index contributed by atoms with van der Waals surface area (Å²) < 4.78 is 31.2.